The molecule has 5 aromatic rings. The average Bonchev–Trinajstić information content (AvgIpc) is 4.14. The smallest absolute Gasteiger partial charge is 0.262 e. The number of nitrogens with zero attached hydrogens (tertiary/aromatic N) is 5. The highest BCUT2D eigenvalue weighted by Crippen LogP contribution is 2.46. The van der Waals surface area contributed by atoms with Crippen molar-refractivity contribution in [1.82, 2.24) is 29.9 Å². The molecule has 2 aliphatic carbocycles. The van der Waals surface area contributed by atoms with Gasteiger partial charge in [0, 0.05) is 29.8 Å². The van der Waals surface area contributed by atoms with E-state index in [1.807, 2.05) is 58.9 Å². The Morgan fingerprint density at radius 1 is 1.05 bits per heavy atom. The lowest BCUT2D eigenvalue weighted by atomic mass is 9.85. The third-order valence-corrected chi connectivity index (χ3v) is 13.2. The molecule has 3 aliphatic rings. The Morgan fingerprint density at radius 2 is 1.77 bits per heavy atom. The van der Waals surface area contributed by atoms with Gasteiger partial charge in [-0.2, -0.15) is 10.2 Å². The van der Waals surface area contributed by atoms with Gasteiger partial charge in [-0.05, 0) is 99.2 Å². The lowest BCUT2D eigenvalue weighted by molar-refractivity contribution is -0.141. The quantitative estimate of drug-likeness (QED) is 0.115. The van der Waals surface area contributed by atoms with E-state index in [0.717, 1.165) is 0 Å². The van der Waals surface area contributed by atoms with Crippen molar-refractivity contribution < 1.29 is 36.7 Å². The molecule has 0 bridgehead atoms. The second-order valence-corrected chi connectivity index (χ2v) is 19.4. The van der Waals surface area contributed by atoms with Gasteiger partial charge in [-0.3, -0.25) is 24.1 Å². The number of anilines is 1. The minimum atomic E-state index is -3.93. The van der Waals surface area contributed by atoms with Crippen molar-refractivity contribution in [2.75, 3.05) is 11.9 Å². The van der Waals surface area contributed by atoms with Crippen LogP contribution in [-0.4, -0.2) is 87.6 Å². The molecule has 62 heavy (non-hydrogen) atoms. The molecule has 3 aromatic heterocycles. The highest BCUT2D eigenvalue weighted by Gasteiger charge is 2.62. The fourth-order valence-electron chi connectivity index (χ4n) is 7.78. The van der Waals surface area contributed by atoms with Crippen LogP contribution in [0.3, 0.4) is 0 Å². The number of fused-ring (bicyclic) bond motifs is 3. The fraction of sp³-hybridized carbons (Fsp3) is 0.400. The van der Waals surface area contributed by atoms with Crippen molar-refractivity contribution in [2.45, 2.75) is 95.4 Å². The lowest BCUT2D eigenvalue weighted by Crippen LogP contribution is -2.58. The number of hydrogen-bond donors (Lipinski definition) is 3. The summed E-state index contributed by atoms with van der Waals surface area (Å²) in [7, 11) is -3.93. The van der Waals surface area contributed by atoms with Gasteiger partial charge < -0.3 is 29.4 Å². The molecule has 4 heterocycles. The van der Waals surface area contributed by atoms with Crippen molar-refractivity contribution in [3.05, 3.63) is 85.1 Å². The van der Waals surface area contributed by atoms with Crippen LogP contribution < -0.4 is 24.8 Å². The molecule has 1 saturated heterocycles. The van der Waals surface area contributed by atoms with Crippen LogP contribution in [0, 0.1) is 22.7 Å². The number of furan rings is 1. The zero-order valence-corrected chi connectivity index (χ0v) is 35.9. The number of hydrogen-bond acceptors (Lipinski definition) is 13. The summed E-state index contributed by atoms with van der Waals surface area (Å²) in [6.45, 7) is 13.3. The predicted octanol–water partition coefficient (Wildman–Crippen LogP) is 5.64. The second-order valence-electron chi connectivity index (χ2n) is 17.5. The number of carbonyl (C=O) groups is 3. The summed E-state index contributed by atoms with van der Waals surface area (Å²) in [5.74, 6) is -1.42. The Hall–Kier alpha value is -6.54. The lowest BCUT2D eigenvalue weighted by Gasteiger charge is -2.36. The fourth-order valence-corrected chi connectivity index (χ4v) is 9.14. The van der Waals surface area contributed by atoms with Crippen molar-refractivity contribution in [2.24, 2.45) is 11.3 Å². The Labute approximate surface area is 359 Å². The summed E-state index contributed by atoms with van der Waals surface area (Å²) in [5.41, 5.74) is 0.995. The maximum Gasteiger partial charge on any atom is 0.262 e. The van der Waals surface area contributed by atoms with E-state index in [4.69, 9.17) is 23.9 Å². The molecule has 0 radical (unpaired) electrons. The molecule has 17 heteroatoms. The van der Waals surface area contributed by atoms with E-state index in [0.29, 0.717) is 57.8 Å². The Kier molecular flexibility index (Phi) is 10.9. The number of nitriles is 1. The first kappa shape index (κ1) is 42.2. The van der Waals surface area contributed by atoms with Gasteiger partial charge in [-0.1, -0.05) is 26.8 Å². The Bertz CT molecular complexity index is 2720. The topological polar surface area (TPSA) is 219 Å². The highest BCUT2D eigenvalue weighted by atomic mass is 32.2. The molecular weight excluding hydrogens is 813 g/mol. The third kappa shape index (κ3) is 8.39. The van der Waals surface area contributed by atoms with E-state index in [1.165, 1.54) is 11.0 Å². The summed E-state index contributed by atoms with van der Waals surface area (Å²) in [6.07, 6.45) is 3.29. The number of pyridine rings is 1. The van der Waals surface area contributed by atoms with Gasteiger partial charge in [-0.25, -0.2) is 13.4 Å². The monoisotopic (exact) mass is 860 g/mol. The summed E-state index contributed by atoms with van der Waals surface area (Å²) < 4.78 is 46.6. The van der Waals surface area contributed by atoms with E-state index in [9.17, 15) is 28.1 Å². The zero-order valence-electron chi connectivity index (χ0n) is 35.0. The number of benzene rings is 2. The first-order valence-electron chi connectivity index (χ1n) is 20.6. The molecule has 16 nitrogen and oxygen atoms in total. The van der Waals surface area contributed by atoms with Crippen LogP contribution in [0.4, 0.5) is 5.69 Å². The van der Waals surface area contributed by atoms with Gasteiger partial charge in [-0.15, -0.1) is 6.58 Å². The van der Waals surface area contributed by atoms with Crippen LogP contribution in [-0.2, 0) is 24.4 Å². The molecule has 8 rings (SSSR count). The SMILES string of the molecule is C=C[C@@H]1C[C@]1(NC(=O)[C@@H]1C[C@@H](Oc2nc(-c3ccc(OC(C)C)cc3)nc3c2oc2cccnc23)CN1C(=O)[C@@H](Nc1ccc(C#N)cc1)C(C)(C)C)C(=O)NS(=O)(=O)C1CC1. The summed E-state index contributed by atoms with van der Waals surface area (Å²) >= 11 is 0. The maximum atomic E-state index is 14.9. The minimum Gasteiger partial charge on any atom is -0.491 e. The van der Waals surface area contributed by atoms with Gasteiger partial charge >= 0.3 is 0 Å². The van der Waals surface area contributed by atoms with Crippen LogP contribution in [0.25, 0.3) is 33.6 Å². The van der Waals surface area contributed by atoms with E-state index >= 15 is 0 Å². The highest BCUT2D eigenvalue weighted by molar-refractivity contribution is 7.91. The van der Waals surface area contributed by atoms with Gasteiger partial charge in [0.25, 0.3) is 11.8 Å². The maximum absolute atomic E-state index is 14.9. The molecule has 5 atom stereocenters. The van der Waals surface area contributed by atoms with E-state index < -0.39 is 68.1 Å². The van der Waals surface area contributed by atoms with Crippen molar-refractivity contribution in [3.63, 3.8) is 0 Å². The van der Waals surface area contributed by atoms with Crippen LogP contribution in [0.5, 0.6) is 11.6 Å². The standard InChI is InChI=1S/C45H48N8O8S/c1-7-28-22-45(28,43(56)52-62(57,58)32-18-19-32)51-40(54)33-21-31(24-53(33)42(55)38(44(4,5)6)48-29-14-10-26(23-46)11-15-29)60-41-37-36(35-34(61-37)9-8-20-47-35)49-39(50-41)27-12-16-30(17-13-27)59-25(2)3/h7-17,20,25,28,31-33,38,48H,1,18-19,21-22,24H2,2-6H3,(H,51,54)(H,52,56)/t28-,31-,33+,38-,45-/m1/s1. The molecular formula is C45H48N8O8S. The molecule has 3 N–H and O–H groups in total. The predicted molar refractivity (Wildman–Crippen MR) is 230 cm³/mol. The van der Waals surface area contributed by atoms with Gasteiger partial charge in [0.05, 0.1) is 29.5 Å². The molecule has 0 unspecified atom stereocenters. The number of ether oxygens (including phenoxy) is 2. The van der Waals surface area contributed by atoms with Crippen LogP contribution in [0.1, 0.15) is 65.9 Å². The third-order valence-electron chi connectivity index (χ3n) is 11.3. The van der Waals surface area contributed by atoms with E-state index in [2.05, 4.69) is 33.0 Å². The second kappa shape index (κ2) is 16.1. The zero-order chi connectivity index (χ0) is 44.1. The number of likely N-dealkylation sites (tertiary alicyclic amines) is 1. The average molecular weight is 861 g/mol. The van der Waals surface area contributed by atoms with Crippen LogP contribution in [0.15, 0.2) is 83.9 Å². The van der Waals surface area contributed by atoms with Gasteiger partial charge in [0.2, 0.25) is 27.4 Å². The molecule has 2 saturated carbocycles. The molecule has 0 spiro atoms. The Balaban J connectivity index is 1.14. The summed E-state index contributed by atoms with van der Waals surface area (Å²) in [4.78, 5) is 58.8. The number of nitrogens with one attached hydrogen (secondary N) is 3. The number of carbonyl (C=O) groups excluding carboxylic acids is 3. The van der Waals surface area contributed by atoms with Crippen LogP contribution >= 0.6 is 0 Å². The van der Waals surface area contributed by atoms with Gasteiger partial charge in [0.1, 0.15) is 40.5 Å². The number of amides is 3. The first-order chi connectivity index (χ1) is 29.5. The first-order valence-corrected chi connectivity index (χ1v) is 22.1. The minimum absolute atomic E-state index is 0.0233. The number of aromatic nitrogens is 3. The van der Waals surface area contributed by atoms with E-state index in [1.54, 1.807) is 42.6 Å². The summed E-state index contributed by atoms with van der Waals surface area (Å²) in [5, 5.41) is 14.9. The summed E-state index contributed by atoms with van der Waals surface area (Å²) in [6, 6.07) is 17.5. The molecule has 1 aliphatic heterocycles. The van der Waals surface area contributed by atoms with Crippen molar-refractivity contribution in [3.8, 4) is 29.1 Å². The van der Waals surface area contributed by atoms with Crippen LogP contribution in [0.2, 0.25) is 0 Å². The Morgan fingerprint density at radius 3 is 2.40 bits per heavy atom. The molecule has 3 fully saturated rings. The normalized spacial score (nSPS) is 21.6. The van der Waals surface area contributed by atoms with Crippen molar-refractivity contribution in [1.29, 1.82) is 5.26 Å². The van der Waals surface area contributed by atoms with Gasteiger partial charge in [0.15, 0.2) is 11.4 Å². The van der Waals surface area contributed by atoms with E-state index in [-0.39, 0.29) is 37.0 Å². The number of rotatable bonds is 14. The van der Waals surface area contributed by atoms with Crippen molar-refractivity contribution >= 4 is 55.6 Å². The number of sulfonamides is 1. The molecule has 2 aromatic carbocycles. The molecule has 322 valence electrons. The largest absolute Gasteiger partial charge is 0.491 e. The molecule has 3 amide bonds.